The minimum Gasteiger partial charge on any atom is -0.482 e. The summed E-state index contributed by atoms with van der Waals surface area (Å²) in [6, 6.07) is 10.4. The fourth-order valence-electron chi connectivity index (χ4n) is 1.59. The highest BCUT2D eigenvalue weighted by Crippen LogP contribution is 2.27. The molecule has 0 amide bonds. The van der Waals surface area contributed by atoms with Gasteiger partial charge in [-0.3, -0.25) is 10.1 Å². The van der Waals surface area contributed by atoms with E-state index in [9.17, 15) is 14.5 Å². The zero-order valence-electron chi connectivity index (χ0n) is 9.68. The summed E-state index contributed by atoms with van der Waals surface area (Å²) >= 11 is 3.17. The van der Waals surface area contributed by atoms with E-state index in [4.69, 9.17) is 4.74 Å². The highest BCUT2D eigenvalue weighted by molar-refractivity contribution is 9.10. The van der Waals surface area contributed by atoms with Gasteiger partial charge in [-0.2, -0.15) is 0 Å². The standard InChI is InChI=1S/C13H9BrFNO3/c14-10-5-9(6-11(15)7-10)8-19-13-4-2-1-3-12(13)16(17)18/h1-7H,8H2. The van der Waals surface area contributed by atoms with Crippen molar-refractivity contribution < 1.29 is 14.1 Å². The molecular formula is C13H9BrFNO3. The molecule has 0 aromatic heterocycles. The molecule has 0 aliphatic heterocycles. The number of rotatable bonds is 4. The fourth-order valence-corrected chi connectivity index (χ4v) is 2.10. The van der Waals surface area contributed by atoms with Gasteiger partial charge < -0.3 is 4.74 Å². The normalized spacial score (nSPS) is 10.2. The van der Waals surface area contributed by atoms with Crippen LogP contribution in [0.3, 0.4) is 0 Å². The monoisotopic (exact) mass is 325 g/mol. The molecule has 0 saturated carbocycles. The summed E-state index contributed by atoms with van der Waals surface area (Å²) in [5.41, 5.74) is 0.475. The number of nitrogens with zero attached hydrogens (tertiary/aromatic N) is 1. The lowest BCUT2D eigenvalue weighted by atomic mass is 10.2. The van der Waals surface area contributed by atoms with Gasteiger partial charge in [0.2, 0.25) is 0 Å². The van der Waals surface area contributed by atoms with E-state index in [1.54, 1.807) is 18.2 Å². The maximum Gasteiger partial charge on any atom is 0.310 e. The molecule has 0 atom stereocenters. The molecule has 0 saturated heterocycles. The zero-order chi connectivity index (χ0) is 13.8. The van der Waals surface area contributed by atoms with Crippen LogP contribution in [0.2, 0.25) is 0 Å². The van der Waals surface area contributed by atoms with Gasteiger partial charge in [0.05, 0.1) is 4.92 Å². The second-order valence-corrected chi connectivity index (χ2v) is 4.71. The van der Waals surface area contributed by atoms with Crippen molar-refractivity contribution in [1.29, 1.82) is 0 Å². The van der Waals surface area contributed by atoms with E-state index in [1.165, 1.54) is 24.3 Å². The molecule has 0 N–H and O–H groups in total. The molecule has 0 radical (unpaired) electrons. The number of ether oxygens (including phenoxy) is 1. The van der Waals surface area contributed by atoms with Gasteiger partial charge in [-0.1, -0.05) is 28.1 Å². The van der Waals surface area contributed by atoms with Crippen molar-refractivity contribution in [3.63, 3.8) is 0 Å². The van der Waals surface area contributed by atoms with E-state index < -0.39 is 10.7 Å². The molecular weight excluding hydrogens is 317 g/mol. The maximum absolute atomic E-state index is 13.2. The van der Waals surface area contributed by atoms with Crippen molar-refractivity contribution in [3.05, 3.63) is 68.4 Å². The lowest BCUT2D eigenvalue weighted by molar-refractivity contribution is -0.385. The van der Waals surface area contributed by atoms with Crippen LogP contribution in [0.25, 0.3) is 0 Å². The third kappa shape index (κ3) is 3.51. The van der Waals surface area contributed by atoms with Gasteiger partial charge in [-0.15, -0.1) is 0 Å². The molecule has 19 heavy (non-hydrogen) atoms. The smallest absolute Gasteiger partial charge is 0.310 e. The highest BCUT2D eigenvalue weighted by Gasteiger charge is 2.13. The van der Waals surface area contributed by atoms with E-state index >= 15 is 0 Å². The maximum atomic E-state index is 13.2. The van der Waals surface area contributed by atoms with Crippen LogP contribution >= 0.6 is 15.9 Å². The van der Waals surface area contributed by atoms with Crippen LogP contribution < -0.4 is 4.74 Å². The molecule has 0 spiro atoms. The number of halogens is 2. The van der Waals surface area contributed by atoms with Gasteiger partial charge in [-0.05, 0) is 29.8 Å². The Labute approximate surface area is 117 Å². The van der Waals surface area contributed by atoms with Crippen LogP contribution in [0.5, 0.6) is 5.75 Å². The Bertz CT molecular complexity index is 598. The average molecular weight is 326 g/mol. The predicted octanol–water partition coefficient (Wildman–Crippen LogP) is 4.08. The third-order valence-corrected chi connectivity index (χ3v) is 2.84. The minimum absolute atomic E-state index is 0.0568. The number of benzene rings is 2. The average Bonchev–Trinajstić information content (AvgIpc) is 2.35. The van der Waals surface area contributed by atoms with Gasteiger partial charge in [0, 0.05) is 10.5 Å². The van der Waals surface area contributed by atoms with E-state index in [2.05, 4.69) is 15.9 Å². The van der Waals surface area contributed by atoms with Crippen LogP contribution in [0, 0.1) is 15.9 Å². The van der Waals surface area contributed by atoms with E-state index in [1.807, 2.05) is 0 Å². The second kappa shape index (κ2) is 5.79. The molecule has 0 aliphatic rings. The van der Waals surface area contributed by atoms with Gasteiger partial charge in [0.15, 0.2) is 5.75 Å². The summed E-state index contributed by atoms with van der Waals surface area (Å²) in [4.78, 5) is 10.3. The Morgan fingerprint density at radius 3 is 2.68 bits per heavy atom. The van der Waals surface area contributed by atoms with E-state index in [0.29, 0.717) is 10.0 Å². The Kier molecular flexibility index (Phi) is 4.11. The van der Waals surface area contributed by atoms with Crippen molar-refractivity contribution in [2.24, 2.45) is 0 Å². The quantitative estimate of drug-likeness (QED) is 0.628. The Morgan fingerprint density at radius 2 is 2.00 bits per heavy atom. The summed E-state index contributed by atoms with van der Waals surface area (Å²) in [5.74, 6) is -0.233. The van der Waals surface area contributed by atoms with Crippen molar-refractivity contribution >= 4 is 21.6 Å². The van der Waals surface area contributed by atoms with Crippen LogP contribution in [-0.4, -0.2) is 4.92 Å². The molecule has 6 heteroatoms. The lowest BCUT2D eigenvalue weighted by Crippen LogP contribution is -1.99. The number of hydrogen-bond donors (Lipinski definition) is 0. The highest BCUT2D eigenvalue weighted by atomic mass is 79.9. The van der Waals surface area contributed by atoms with Crippen molar-refractivity contribution in [3.8, 4) is 5.75 Å². The van der Waals surface area contributed by atoms with Crippen LogP contribution in [0.15, 0.2) is 46.9 Å². The molecule has 2 rings (SSSR count). The first-order valence-corrected chi connectivity index (χ1v) is 6.17. The largest absolute Gasteiger partial charge is 0.482 e. The number of hydrogen-bond acceptors (Lipinski definition) is 3. The van der Waals surface area contributed by atoms with Crippen molar-refractivity contribution in [2.75, 3.05) is 0 Å². The molecule has 0 heterocycles. The topological polar surface area (TPSA) is 52.4 Å². The number of para-hydroxylation sites is 2. The molecule has 0 fully saturated rings. The summed E-state index contributed by atoms with van der Waals surface area (Å²) in [6.07, 6.45) is 0. The fraction of sp³-hybridized carbons (Fsp3) is 0.0769. The Morgan fingerprint density at radius 1 is 1.26 bits per heavy atom. The van der Waals surface area contributed by atoms with Gasteiger partial charge in [0.25, 0.3) is 0 Å². The minimum atomic E-state index is -0.517. The molecule has 4 nitrogen and oxygen atoms in total. The van der Waals surface area contributed by atoms with Crippen LogP contribution in [0.1, 0.15) is 5.56 Å². The van der Waals surface area contributed by atoms with Gasteiger partial charge >= 0.3 is 5.69 Å². The first-order chi connectivity index (χ1) is 9.06. The third-order valence-electron chi connectivity index (χ3n) is 2.38. The summed E-state index contributed by atoms with van der Waals surface area (Å²) in [5, 5.41) is 10.8. The van der Waals surface area contributed by atoms with Gasteiger partial charge in [-0.25, -0.2) is 4.39 Å². The first-order valence-electron chi connectivity index (χ1n) is 5.37. The van der Waals surface area contributed by atoms with E-state index in [0.717, 1.165) is 0 Å². The van der Waals surface area contributed by atoms with Crippen LogP contribution in [0.4, 0.5) is 10.1 Å². The second-order valence-electron chi connectivity index (χ2n) is 3.79. The molecule has 0 unspecified atom stereocenters. The summed E-state index contributed by atoms with van der Waals surface area (Å²) in [7, 11) is 0. The first kappa shape index (κ1) is 13.5. The summed E-state index contributed by atoms with van der Waals surface area (Å²) < 4.78 is 19.1. The molecule has 0 bridgehead atoms. The van der Waals surface area contributed by atoms with Gasteiger partial charge in [0.1, 0.15) is 12.4 Å². The molecule has 0 aliphatic carbocycles. The number of nitro benzene ring substituents is 1. The van der Waals surface area contributed by atoms with E-state index in [-0.39, 0.29) is 18.0 Å². The summed E-state index contributed by atoms with van der Waals surface area (Å²) in [6.45, 7) is 0.0568. The SMILES string of the molecule is O=[N+]([O-])c1ccccc1OCc1cc(F)cc(Br)c1. The molecule has 2 aromatic rings. The Balaban J connectivity index is 2.16. The predicted molar refractivity (Wildman–Crippen MR) is 71.5 cm³/mol. The van der Waals surface area contributed by atoms with Crippen molar-refractivity contribution in [2.45, 2.75) is 6.61 Å². The zero-order valence-corrected chi connectivity index (χ0v) is 11.3. The van der Waals surface area contributed by atoms with Crippen LogP contribution in [-0.2, 0) is 6.61 Å². The number of nitro groups is 1. The lowest BCUT2D eigenvalue weighted by Gasteiger charge is -2.07. The van der Waals surface area contributed by atoms with Crippen molar-refractivity contribution in [1.82, 2.24) is 0 Å². The Hall–Kier alpha value is -1.95. The molecule has 98 valence electrons. The molecule has 2 aromatic carbocycles.